The van der Waals surface area contributed by atoms with Crippen LogP contribution in [0, 0.1) is 5.92 Å². The first-order chi connectivity index (χ1) is 12.1. The average Bonchev–Trinajstić information content (AvgIpc) is 3.19. The van der Waals surface area contributed by atoms with Crippen LogP contribution < -0.4 is 0 Å². The molecule has 126 valence electrons. The first-order valence-electron chi connectivity index (χ1n) is 8.00. The Bertz CT molecular complexity index is 987. The van der Waals surface area contributed by atoms with Crippen molar-refractivity contribution in [3.63, 3.8) is 0 Å². The van der Waals surface area contributed by atoms with Crippen LogP contribution >= 0.6 is 0 Å². The molecule has 1 unspecified atom stereocenters. The third-order valence-corrected chi connectivity index (χ3v) is 6.06. The Balaban J connectivity index is 1.80. The van der Waals surface area contributed by atoms with Crippen molar-refractivity contribution in [1.29, 1.82) is 0 Å². The van der Waals surface area contributed by atoms with Gasteiger partial charge < -0.3 is 4.74 Å². The van der Waals surface area contributed by atoms with Crippen molar-refractivity contribution in [2.75, 3.05) is 13.2 Å². The van der Waals surface area contributed by atoms with E-state index in [2.05, 4.69) is 0 Å². The summed E-state index contributed by atoms with van der Waals surface area (Å²) in [6, 6.07) is 17.5. The topological polar surface area (TPSA) is 60.4 Å². The molecule has 1 atom stereocenters. The van der Waals surface area contributed by atoms with Crippen molar-refractivity contribution in [2.45, 2.75) is 4.90 Å². The van der Waals surface area contributed by atoms with Crippen LogP contribution in [0.15, 0.2) is 82.1 Å². The third kappa shape index (κ3) is 2.75. The highest BCUT2D eigenvalue weighted by Crippen LogP contribution is 2.43. The summed E-state index contributed by atoms with van der Waals surface area (Å²) in [7, 11) is -3.69. The second-order valence-corrected chi connectivity index (χ2v) is 7.89. The molecule has 4 rings (SSSR count). The van der Waals surface area contributed by atoms with E-state index in [9.17, 15) is 13.2 Å². The zero-order valence-corrected chi connectivity index (χ0v) is 14.2. The highest BCUT2D eigenvalue weighted by molar-refractivity contribution is 7.94. The lowest BCUT2D eigenvalue weighted by molar-refractivity contribution is -0.110. The van der Waals surface area contributed by atoms with Gasteiger partial charge >= 0.3 is 0 Å². The van der Waals surface area contributed by atoms with Crippen molar-refractivity contribution in [3.8, 4) is 0 Å². The quantitative estimate of drug-likeness (QED) is 0.797. The number of hydrogen-bond acceptors (Lipinski definition) is 4. The van der Waals surface area contributed by atoms with Gasteiger partial charge in [-0.2, -0.15) is 0 Å². The maximum absolute atomic E-state index is 13.0. The zero-order valence-electron chi connectivity index (χ0n) is 13.4. The predicted molar refractivity (Wildman–Crippen MR) is 94.4 cm³/mol. The van der Waals surface area contributed by atoms with Crippen LogP contribution in [-0.2, 0) is 19.4 Å². The lowest BCUT2D eigenvalue weighted by Gasteiger charge is -2.07. The molecule has 1 aliphatic heterocycles. The summed E-state index contributed by atoms with van der Waals surface area (Å²) in [5, 5.41) is 1.12. The van der Waals surface area contributed by atoms with E-state index in [0.29, 0.717) is 24.4 Å². The van der Waals surface area contributed by atoms with Crippen LogP contribution in [-0.4, -0.2) is 27.4 Å². The van der Waals surface area contributed by atoms with Gasteiger partial charge in [-0.3, -0.25) is 4.79 Å². The van der Waals surface area contributed by atoms with Crippen LogP contribution in [0.1, 0.15) is 5.56 Å². The van der Waals surface area contributed by atoms with Gasteiger partial charge in [0, 0.05) is 22.5 Å². The number of sulfone groups is 1. The Hall–Kier alpha value is -2.50. The summed E-state index contributed by atoms with van der Waals surface area (Å²) in [4.78, 5) is 13.2. The Kier molecular flexibility index (Phi) is 3.90. The number of carbonyl (C=O) groups excluding carboxylic acids is 1. The van der Waals surface area contributed by atoms with Crippen molar-refractivity contribution in [3.05, 3.63) is 82.8 Å². The average molecular weight is 352 g/mol. The molecule has 4 nitrogen and oxygen atoms in total. The lowest BCUT2D eigenvalue weighted by atomic mass is 10.0. The largest absolute Gasteiger partial charge is 0.376 e. The number of benzene rings is 2. The minimum Gasteiger partial charge on any atom is -0.376 e. The first-order valence-corrected chi connectivity index (χ1v) is 9.55. The number of fused-ring (bicyclic) bond motifs is 1. The fourth-order valence-corrected chi connectivity index (χ4v) is 4.64. The number of ether oxygens (including phenoxy) is 1. The fourth-order valence-electron chi connectivity index (χ4n) is 3.36. The third-order valence-electron chi connectivity index (χ3n) is 4.56. The highest BCUT2D eigenvalue weighted by Gasteiger charge is 2.41. The lowest BCUT2D eigenvalue weighted by Crippen LogP contribution is -2.10. The van der Waals surface area contributed by atoms with E-state index < -0.39 is 9.84 Å². The van der Waals surface area contributed by atoms with Crippen molar-refractivity contribution < 1.29 is 17.9 Å². The van der Waals surface area contributed by atoms with Gasteiger partial charge in [0.2, 0.25) is 0 Å². The summed E-state index contributed by atoms with van der Waals surface area (Å²) >= 11 is 0. The van der Waals surface area contributed by atoms with Gasteiger partial charge in [-0.1, -0.05) is 48.5 Å². The van der Waals surface area contributed by atoms with E-state index in [1.54, 1.807) is 18.2 Å². The van der Waals surface area contributed by atoms with Gasteiger partial charge in [-0.05, 0) is 23.3 Å². The van der Waals surface area contributed by atoms with Gasteiger partial charge in [-0.25, -0.2) is 8.42 Å². The van der Waals surface area contributed by atoms with E-state index in [-0.39, 0.29) is 16.6 Å². The molecule has 25 heavy (non-hydrogen) atoms. The number of rotatable bonds is 3. The molecule has 0 N–H and O–H groups in total. The molecular formula is C20H16O4S. The molecule has 1 aliphatic carbocycles. The number of Topliss-reactive ketones (excluding diaryl/α,β-unsaturated/α-hetero) is 1. The van der Waals surface area contributed by atoms with Crippen molar-refractivity contribution >= 4 is 21.2 Å². The summed E-state index contributed by atoms with van der Waals surface area (Å²) in [6.07, 6.45) is 0. The monoisotopic (exact) mass is 352 g/mol. The Morgan fingerprint density at radius 1 is 0.960 bits per heavy atom. The standard InChI is InChI=1S/C20H16O4S/c21-20-18(13-25(22,23)15-9-5-2-6-10-15)16-11-24-12-17(16)19(20)14-7-3-1-4-8-14/h1-10,13,16H,11-12H2/b18-13+. The highest BCUT2D eigenvalue weighted by atomic mass is 32.2. The summed E-state index contributed by atoms with van der Waals surface area (Å²) in [5.74, 6) is -0.491. The van der Waals surface area contributed by atoms with Gasteiger partial charge in [-0.15, -0.1) is 0 Å². The molecule has 2 aliphatic rings. The molecular weight excluding hydrogens is 336 g/mol. The number of allylic oxidation sites excluding steroid dienone is 1. The van der Waals surface area contributed by atoms with Gasteiger partial charge in [0.05, 0.1) is 18.1 Å². The molecule has 1 heterocycles. The molecule has 0 aromatic heterocycles. The predicted octanol–water partition coefficient (Wildman–Crippen LogP) is 3.03. The molecule has 0 saturated carbocycles. The Morgan fingerprint density at radius 2 is 1.60 bits per heavy atom. The van der Waals surface area contributed by atoms with E-state index >= 15 is 0 Å². The summed E-state index contributed by atoms with van der Waals surface area (Å²) in [6.45, 7) is 0.705. The van der Waals surface area contributed by atoms with E-state index in [0.717, 1.165) is 16.5 Å². The molecule has 2 aromatic carbocycles. The SMILES string of the molecule is O=C1C(c2ccccc2)=C2COCC2/C1=C\S(=O)(=O)c1ccccc1. The summed E-state index contributed by atoms with van der Waals surface area (Å²) in [5.41, 5.74) is 2.57. The van der Waals surface area contributed by atoms with Crippen LogP contribution in [0.2, 0.25) is 0 Å². The maximum Gasteiger partial charge on any atom is 0.200 e. The Labute approximate surface area is 146 Å². The van der Waals surface area contributed by atoms with Crippen molar-refractivity contribution in [1.82, 2.24) is 0 Å². The fraction of sp³-hybridized carbons (Fsp3) is 0.150. The normalized spacial score (nSPS) is 21.8. The molecule has 0 spiro atoms. The van der Waals surface area contributed by atoms with Gasteiger partial charge in [0.15, 0.2) is 15.6 Å². The van der Waals surface area contributed by atoms with Gasteiger partial charge in [0.1, 0.15) is 0 Å². The Morgan fingerprint density at radius 3 is 2.28 bits per heavy atom. The second-order valence-electron chi connectivity index (χ2n) is 6.09. The molecule has 5 heteroatoms. The number of ketones is 1. The molecule has 0 amide bonds. The van der Waals surface area contributed by atoms with Crippen molar-refractivity contribution in [2.24, 2.45) is 5.92 Å². The smallest absolute Gasteiger partial charge is 0.200 e. The van der Waals surface area contributed by atoms with Crippen LogP contribution in [0.3, 0.4) is 0 Å². The minimum atomic E-state index is -3.69. The molecule has 0 bridgehead atoms. The van der Waals surface area contributed by atoms with Crippen LogP contribution in [0.25, 0.3) is 5.57 Å². The maximum atomic E-state index is 13.0. The van der Waals surface area contributed by atoms with Crippen LogP contribution in [0.5, 0.6) is 0 Å². The molecule has 2 aromatic rings. The van der Waals surface area contributed by atoms with Gasteiger partial charge in [0.25, 0.3) is 0 Å². The first kappa shape index (κ1) is 16.0. The second kappa shape index (κ2) is 6.10. The molecule has 1 saturated heterocycles. The number of carbonyl (C=O) groups is 1. The molecule has 0 radical (unpaired) electrons. The van der Waals surface area contributed by atoms with E-state index in [1.807, 2.05) is 30.3 Å². The summed E-state index contributed by atoms with van der Waals surface area (Å²) < 4.78 is 30.9. The zero-order chi connectivity index (χ0) is 17.4. The minimum absolute atomic E-state index is 0.184. The number of hydrogen-bond donors (Lipinski definition) is 0. The van der Waals surface area contributed by atoms with E-state index in [4.69, 9.17) is 4.74 Å². The van der Waals surface area contributed by atoms with Crippen LogP contribution in [0.4, 0.5) is 0 Å². The van der Waals surface area contributed by atoms with E-state index in [1.165, 1.54) is 12.1 Å². The molecule has 1 fully saturated rings.